The van der Waals surface area contributed by atoms with E-state index in [1.165, 1.54) is 0 Å². The molecule has 0 aliphatic heterocycles. The average Bonchev–Trinajstić information content (AvgIpc) is 2.96. The molecule has 0 aromatic carbocycles. The van der Waals surface area contributed by atoms with Crippen molar-refractivity contribution in [3.05, 3.63) is 5.82 Å². The molecule has 2 rings (SSSR count). The van der Waals surface area contributed by atoms with E-state index in [4.69, 9.17) is 14.4 Å². The molecule has 1 aliphatic carbocycles. The Morgan fingerprint density at radius 1 is 1.75 bits per heavy atom. The lowest BCUT2D eigenvalue weighted by Gasteiger charge is -2.07. The molecule has 1 fully saturated rings. The highest BCUT2D eigenvalue weighted by Gasteiger charge is 2.35. The second-order valence-corrected chi connectivity index (χ2v) is 4.52. The van der Waals surface area contributed by atoms with Crippen LogP contribution in [0.4, 0.5) is 0 Å². The Morgan fingerprint density at radius 3 is 3.06 bits per heavy atom. The first-order valence-corrected chi connectivity index (χ1v) is 5.90. The highest BCUT2D eigenvalue weighted by molar-refractivity contribution is 7.99. The minimum Gasteiger partial charge on any atom is -0.481 e. The molecule has 16 heavy (non-hydrogen) atoms. The first kappa shape index (κ1) is 11.4. The van der Waals surface area contributed by atoms with Crippen molar-refractivity contribution < 1.29 is 19.2 Å². The number of nitrogens with zero attached hydrogens (tertiary/aromatic N) is 2. The van der Waals surface area contributed by atoms with Gasteiger partial charge >= 0.3 is 5.97 Å². The largest absolute Gasteiger partial charge is 0.481 e. The van der Waals surface area contributed by atoms with E-state index < -0.39 is 5.97 Å². The number of methoxy groups -OCH3 is 1. The number of ether oxygens (including phenoxy) is 1. The molecular formula is C9H12N2O4S. The van der Waals surface area contributed by atoms with E-state index in [1.807, 2.05) is 0 Å². The zero-order chi connectivity index (χ0) is 11.5. The van der Waals surface area contributed by atoms with Gasteiger partial charge in [-0.25, -0.2) is 0 Å². The number of rotatable bonds is 6. The monoisotopic (exact) mass is 244 g/mol. The van der Waals surface area contributed by atoms with Gasteiger partial charge in [0.05, 0.1) is 0 Å². The summed E-state index contributed by atoms with van der Waals surface area (Å²) in [6.07, 6.45) is 2.11. The molecule has 0 spiro atoms. The number of aromatic nitrogens is 2. The van der Waals surface area contributed by atoms with Crippen LogP contribution in [-0.2, 0) is 9.53 Å². The Bertz CT molecular complexity index is 377. The molecule has 1 unspecified atom stereocenters. The number of hydrogen-bond acceptors (Lipinski definition) is 6. The molecule has 0 bridgehead atoms. The molecule has 1 atom stereocenters. The SMILES string of the molecule is COC(c1noc(SCC(=O)O)n1)C1CC1. The van der Waals surface area contributed by atoms with Gasteiger partial charge in [0, 0.05) is 7.11 Å². The van der Waals surface area contributed by atoms with E-state index in [2.05, 4.69) is 10.1 Å². The molecule has 7 heteroatoms. The van der Waals surface area contributed by atoms with Crippen LogP contribution in [0.3, 0.4) is 0 Å². The standard InChI is InChI=1S/C9H12N2O4S/c1-14-7(5-2-3-5)8-10-9(15-11-8)16-4-6(12)13/h5,7H,2-4H2,1H3,(H,12,13). The molecule has 0 amide bonds. The van der Waals surface area contributed by atoms with Crippen LogP contribution in [0.25, 0.3) is 0 Å². The summed E-state index contributed by atoms with van der Waals surface area (Å²) >= 11 is 1.01. The second kappa shape index (κ2) is 4.84. The maximum atomic E-state index is 10.4. The Kier molecular flexibility index (Phi) is 3.45. The number of carbonyl (C=O) groups is 1. The third kappa shape index (κ3) is 2.73. The van der Waals surface area contributed by atoms with E-state index >= 15 is 0 Å². The number of hydrogen-bond donors (Lipinski definition) is 1. The van der Waals surface area contributed by atoms with Crippen molar-refractivity contribution in [2.24, 2.45) is 5.92 Å². The molecule has 0 radical (unpaired) electrons. The van der Waals surface area contributed by atoms with E-state index in [0.29, 0.717) is 11.7 Å². The summed E-state index contributed by atoms with van der Waals surface area (Å²) in [6.45, 7) is 0. The third-order valence-electron chi connectivity index (χ3n) is 2.30. The van der Waals surface area contributed by atoms with Crippen molar-refractivity contribution in [3.8, 4) is 0 Å². The number of carboxylic acids is 1. The number of carboxylic acid groups (broad SMARTS) is 1. The molecule has 6 nitrogen and oxygen atoms in total. The average molecular weight is 244 g/mol. The van der Waals surface area contributed by atoms with Crippen LogP contribution in [0, 0.1) is 5.92 Å². The molecule has 1 aromatic rings. The summed E-state index contributed by atoms with van der Waals surface area (Å²) in [7, 11) is 1.61. The molecule has 1 aromatic heterocycles. The Hall–Kier alpha value is -1.08. The van der Waals surface area contributed by atoms with Crippen LogP contribution in [0.1, 0.15) is 24.8 Å². The fourth-order valence-corrected chi connectivity index (χ4v) is 1.92. The van der Waals surface area contributed by atoms with Gasteiger partial charge in [-0.2, -0.15) is 4.98 Å². The van der Waals surface area contributed by atoms with Gasteiger partial charge in [0.2, 0.25) is 5.82 Å². The summed E-state index contributed by atoms with van der Waals surface area (Å²) in [4.78, 5) is 14.5. The lowest BCUT2D eigenvalue weighted by Crippen LogP contribution is -2.05. The Morgan fingerprint density at radius 2 is 2.50 bits per heavy atom. The van der Waals surface area contributed by atoms with Crippen LogP contribution < -0.4 is 0 Å². The fourth-order valence-electron chi connectivity index (χ4n) is 1.43. The summed E-state index contributed by atoms with van der Waals surface area (Å²) in [5.74, 6) is -0.00375. The van der Waals surface area contributed by atoms with Gasteiger partial charge in [0.25, 0.3) is 5.22 Å². The van der Waals surface area contributed by atoms with Crippen molar-refractivity contribution in [3.63, 3.8) is 0 Å². The van der Waals surface area contributed by atoms with Crippen LogP contribution in [0.2, 0.25) is 0 Å². The quantitative estimate of drug-likeness (QED) is 0.756. The lowest BCUT2D eigenvalue weighted by molar-refractivity contribution is -0.133. The molecule has 88 valence electrons. The van der Waals surface area contributed by atoms with Crippen molar-refractivity contribution in [1.29, 1.82) is 0 Å². The van der Waals surface area contributed by atoms with Gasteiger partial charge in [-0.15, -0.1) is 0 Å². The van der Waals surface area contributed by atoms with Gasteiger partial charge in [0.15, 0.2) is 0 Å². The molecule has 1 saturated carbocycles. The Labute approximate surface area is 96.4 Å². The van der Waals surface area contributed by atoms with Gasteiger partial charge in [-0.3, -0.25) is 4.79 Å². The zero-order valence-electron chi connectivity index (χ0n) is 8.75. The highest BCUT2D eigenvalue weighted by Crippen LogP contribution is 2.42. The minimum absolute atomic E-state index is 0.0806. The summed E-state index contributed by atoms with van der Waals surface area (Å²) < 4.78 is 10.2. The molecular weight excluding hydrogens is 232 g/mol. The van der Waals surface area contributed by atoms with Gasteiger partial charge < -0.3 is 14.4 Å². The highest BCUT2D eigenvalue weighted by atomic mass is 32.2. The topological polar surface area (TPSA) is 85.5 Å². The van der Waals surface area contributed by atoms with E-state index in [0.717, 1.165) is 24.6 Å². The van der Waals surface area contributed by atoms with Gasteiger partial charge in [-0.05, 0) is 18.8 Å². The molecule has 1 heterocycles. The third-order valence-corrected chi connectivity index (χ3v) is 3.10. The maximum absolute atomic E-state index is 10.4. The normalized spacial score (nSPS) is 17.3. The fraction of sp³-hybridized carbons (Fsp3) is 0.667. The first-order valence-electron chi connectivity index (χ1n) is 4.91. The number of aliphatic carboxylic acids is 1. The van der Waals surface area contributed by atoms with Crippen LogP contribution >= 0.6 is 11.8 Å². The predicted octanol–water partition coefficient (Wildman–Crippen LogP) is 1.34. The van der Waals surface area contributed by atoms with Crippen molar-refractivity contribution >= 4 is 17.7 Å². The Balaban J connectivity index is 1.97. The summed E-state index contributed by atoms with van der Waals surface area (Å²) in [6, 6.07) is 0. The lowest BCUT2D eigenvalue weighted by atomic mass is 10.2. The van der Waals surface area contributed by atoms with Crippen LogP contribution in [-0.4, -0.2) is 34.1 Å². The summed E-state index contributed by atoms with van der Waals surface area (Å²) in [5, 5.41) is 12.6. The minimum atomic E-state index is -0.907. The van der Waals surface area contributed by atoms with Crippen molar-refractivity contribution in [2.45, 2.75) is 24.2 Å². The molecule has 1 N–H and O–H groups in total. The van der Waals surface area contributed by atoms with Crippen LogP contribution in [0.5, 0.6) is 0 Å². The molecule has 1 aliphatic rings. The smallest absolute Gasteiger partial charge is 0.314 e. The van der Waals surface area contributed by atoms with E-state index in [1.54, 1.807) is 7.11 Å². The second-order valence-electron chi connectivity index (χ2n) is 3.59. The maximum Gasteiger partial charge on any atom is 0.314 e. The van der Waals surface area contributed by atoms with Crippen LogP contribution in [0.15, 0.2) is 9.75 Å². The van der Waals surface area contributed by atoms with E-state index in [-0.39, 0.29) is 17.1 Å². The molecule has 0 saturated heterocycles. The van der Waals surface area contributed by atoms with E-state index in [9.17, 15) is 4.79 Å². The van der Waals surface area contributed by atoms with Crippen molar-refractivity contribution in [1.82, 2.24) is 10.1 Å². The van der Waals surface area contributed by atoms with Gasteiger partial charge in [-0.1, -0.05) is 16.9 Å². The number of thioether (sulfide) groups is 1. The predicted molar refractivity (Wildman–Crippen MR) is 55.1 cm³/mol. The summed E-state index contributed by atoms with van der Waals surface area (Å²) in [5.41, 5.74) is 0. The van der Waals surface area contributed by atoms with Gasteiger partial charge in [0.1, 0.15) is 11.9 Å². The first-order chi connectivity index (χ1) is 7.70. The van der Waals surface area contributed by atoms with Crippen molar-refractivity contribution in [2.75, 3.05) is 12.9 Å². The zero-order valence-corrected chi connectivity index (χ0v) is 9.57.